The van der Waals surface area contributed by atoms with Gasteiger partial charge < -0.3 is 4.74 Å². The van der Waals surface area contributed by atoms with E-state index >= 15 is 0 Å². The van der Waals surface area contributed by atoms with Crippen molar-refractivity contribution in [2.45, 2.75) is 44.8 Å². The van der Waals surface area contributed by atoms with Gasteiger partial charge in [0, 0.05) is 44.3 Å². The molecule has 0 radical (unpaired) electrons. The molecule has 0 amide bonds. The van der Waals surface area contributed by atoms with Gasteiger partial charge in [0.2, 0.25) is 5.88 Å². The molecule has 0 bridgehead atoms. The third-order valence-electron chi connectivity index (χ3n) is 5.04. The van der Waals surface area contributed by atoms with Crippen molar-refractivity contribution in [1.82, 2.24) is 24.6 Å². The van der Waals surface area contributed by atoms with E-state index < -0.39 is 0 Å². The van der Waals surface area contributed by atoms with E-state index in [-0.39, 0.29) is 0 Å². The van der Waals surface area contributed by atoms with Crippen LogP contribution in [0.3, 0.4) is 0 Å². The average molecular weight is 313 g/mol. The second-order valence-corrected chi connectivity index (χ2v) is 6.57. The van der Waals surface area contributed by atoms with E-state index in [1.807, 2.05) is 6.20 Å². The van der Waals surface area contributed by atoms with Crippen LogP contribution in [0.25, 0.3) is 0 Å². The van der Waals surface area contributed by atoms with Crippen LogP contribution in [-0.4, -0.2) is 43.8 Å². The monoisotopic (exact) mass is 313 g/mol. The second-order valence-electron chi connectivity index (χ2n) is 6.57. The van der Waals surface area contributed by atoms with Crippen molar-refractivity contribution >= 4 is 0 Å². The summed E-state index contributed by atoms with van der Waals surface area (Å²) in [6.07, 6.45) is 12.1. The average Bonchev–Trinajstić information content (AvgIpc) is 2.91. The van der Waals surface area contributed by atoms with E-state index in [4.69, 9.17) is 4.74 Å². The third kappa shape index (κ3) is 3.37. The van der Waals surface area contributed by atoms with Gasteiger partial charge in [0.15, 0.2) is 0 Å². The van der Waals surface area contributed by atoms with Crippen LogP contribution in [0.2, 0.25) is 0 Å². The fraction of sp³-hybridized carbons (Fsp3) is 0.588. The molecular formula is C17H23N5O. The zero-order valence-corrected chi connectivity index (χ0v) is 13.3. The summed E-state index contributed by atoms with van der Waals surface area (Å²) in [4.78, 5) is 10.9. The molecule has 1 fully saturated rings. The SMILES string of the molecule is c1cnc(OCC2CCn3nccc3CN2CC2CCC2)cn1. The molecule has 6 nitrogen and oxygen atoms in total. The van der Waals surface area contributed by atoms with E-state index in [1.165, 1.54) is 31.5 Å². The van der Waals surface area contributed by atoms with Crippen molar-refractivity contribution in [3.63, 3.8) is 0 Å². The first-order valence-corrected chi connectivity index (χ1v) is 8.52. The minimum atomic E-state index is 0.402. The number of hydrogen-bond acceptors (Lipinski definition) is 5. The van der Waals surface area contributed by atoms with Crippen molar-refractivity contribution in [2.75, 3.05) is 13.2 Å². The van der Waals surface area contributed by atoms with Crippen LogP contribution in [0.15, 0.2) is 30.9 Å². The summed E-state index contributed by atoms with van der Waals surface area (Å²) >= 11 is 0. The number of aryl methyl sites for hydroxylation is 1. The quantitative estimate of drug-likeness (QED) is 0.846. The van der Waals surface area contributed by atoms with Gasteiger partial charge in [0.05, 0.1) is 11.9 Å². The molecule has 3 heterocycles. The fourth-order valence-corrected chi connectivity index (χ4v) is 3.44. The Hall–Kier alpha value is -1.95. The molecule has 4 rings (SSSR count). The molecule has 1 atom stereocenters. The molecule has 1 aliphatic carbocycles. The van der Waals surface area contributed by atoms with E-state index in [1.54, 1.807) is 18.6 Å². The Labute approximate surface area is 136 Å². The molecule has 1 unspecified atom stereocenters. The van der Waals surface area contributed by atoms with Crippen LogP contribution in [0.4, 0.5) is 0 Å². The summed E-state index contributed by atoms with van der Waals surface area (Å²) in [6.45, 7) is 3.75. The van der Waals surface area contributed by atoms with Crippen molar-refractivity contribution in [3.05, 3.63) is 36.5 Å². The van der Waals surface area contributed by atoms with Crippen molar-refractivity contribution in [2.24, 2.45) is 5.92 Å². The first kappa shape index (κ1) is 14.6. The van der Waals surface area contributed by atoms with Crippen LogP contribution >= 0.6 is 0 Å². The zero-order chi connectivity index (χ0) is 15.5. The van der Waals surface area contributed by atoms with E-state index in [0.29, 0.717) is 18.5 Å². The summed E-state index contributed by atoms with van der Waals surface area (Å²) < 4.78 is 8.03. The summed E-state index contributed by atoms with van der Waals surface area (Å²) in [5, 5.41) is 4.44. The van der Waals surface area contributed by atoms with Gasteiger partial charge in [0.25, 0.3) is 0 Å². The molecule has 1 saturated carbocycles. The van der Waals surface area contributed by atoms with Crippen LogP contribution in [0.1, 0.15) is 31.4 Å². The van der Waals surface area contributed by atoms with Crippen LogP contribution < -0.4 is 4.74 Å². The number of rotatable bonds is 5. The van der Waals surface area contributed by atoms with Gasteiger partial charge in [-0.3, -0.25) is 14.6 Å². The number of nitrogens with zero attached hydrogens (tertiary/aromatic N) is 5. The predicted octanol–water partition coefficient (Wildman–Crippen LogP) is 2.13. The van der Waals surface area contributed by atoms with Crippen LogP contribution in [-0.2, 0) is 13.1 Å². The molecule has 2 aromatic heterocycles. The summed E-state index contributed by atoms with van der Waals surface area (Å²) in [6, 6.07) is 2.54. The minimum Gasteiger partial charge on any atom is -0.475 e. The summed E-state index contributed by atoms with van der Waals surface area (Å²) in [7, 11) is 0. The Bertz CT molecular complexity index is 625. The Balaban J connectivity index is 1.45. The smallest absolute Gasteiger partial charge is 0.232 e. The molecular weight excluding hydrogens is 290 g/mol. The molecule has 0 spiro atoms. The lowest BCUT2D eigenvalue weighted by molar-refractivity contribution is 0.0871. The molecule has 1 aliphatic heterocycles. The van der Waals surface area contributed by atoms with Gasteiger partial charge >= 0.3 is 0 Å². The molecule has 122 valence electrons. The van der Waals surface area contributed by atoms with Crippen molar-refractivity contribution < 1.29 is 4.74 Å². The maximum absolute atomic E-state index is 5.89. The predicted molar refractivity (Wildman–Crippen MR) is 85.9 cm³/mol. The van der Waals surface area contributed by atoms with Gasteiger partial charge in [-0.05, 0) is 31.2 Å². The number of aromatic nitrogens is 4. The molecule has 0 aromatic carbocycles. The van der Waals surface area contributed by atoms with Gasteiger partial charge in [-0.15, -0.1) is 0 Å². The highest BCUT2D eigenvalue weighted by Gasteiger charge is 2.29. The first-order valence-electron chi connectivity index (χ1n) is 8.52. The largest absolute Gasteiger partial charge is 0.475 e. The second kappa shape index (κ2) is 6.66. The van der Waals surface area contributed by atoms with E-state index in [2.05, 4.69) is 30.7 Å². The van der Waals surface area contributed by atoms with Gasteiger partial charge in [-0.1, -0.05) is 6.42 Å². The number of fused-ring (bicyclic) bond motifs is 1. The standard InChI is InChI=1S/C17H23N5O/c1-2-14(3-1)11-21-12-15-4-6-20-22(15)9-5-16(21)13-23-17-10-18-7-8-19-17/h4,6-8,10,14,16H,1-3,5,9,11-13H2. The van der Waals surface area contributed by atoms with Gasteiger partial charge in [0.1, 0.15) is 6.61 Å². The molecule has 2 aliphatic rings. The maximum Gasteiger partial charge on any atom is 0.232 e. The van der Waals surface area contributed by atoms with E-state index in [0.717, 1.165) is 25.4 Å². The van der Waals surface area contributed by atoms with E-state index in [9.17, 15) is 0 Å². The van der Waals surface area contributed by atoms with Gasteiger partial charge in [-0.2, -0.15) is 5.10 Å². The van der Waals surface area contributed by atoms with Crippen molar-refractivity contribution in [1.29, 1.82) is 0 Å². The maximum atomic E-state index is 5.89. The third-order valence-corrected chi connectivity index (χ3v) is 5.04. The normalized spacial score (nSPS) is 22.2. The zero-order valence-electron chi connectivity index (χ0n) is 13.3. The number of ether oxygens (including phenoxy) is 1. The topological polar surface area (TPSA) is 56.1 Å². The lowest BCUT2D eigenvalue weighted by Gasteiger charge is -2.35. The van der Waals surface area contributed by atoms with Crippen LogP contribution in [0.5, 0.6) is 5.88 Å². The van der Waals surface area contributed by atoms with Gasteiger partial charge in [-0.25, -0.2) is 4.98 Å². The molecule has 0 saturated heterocycles. The Morgan fingerprint density at radius 3 is 2.91 bits per heavy atom. The number of hydrogen-bond donors (Lipinski definition) is 0. The Morgan fingerprint density at radius 1 is 1.17 bits per heavy atom. The molecule has 0 N–H and O–H groups in total. The first-order chi connectivity index (χ1) is 11.4. The molecule has 6 heteroatoms. The highest BCUT2D eigenvalue weighted by atomic mass is 16.5. The molecule has 2 aromatic rings. The lowest BCUT2D eigenvalue weighted by atomic mass is 9.84. The lowest BCUT2D eigenvalue weighted by Crippen LogP contribution is -2.42. The summed E-state index contributed by atoms with van der Waals surface area (Å²) in [5.41, 5.74) is 1.31. The minimum absolute atomic E-state index is 0.402. The Kier molecular flexibility index (Phi) is 4.24. The highest BCUT2D eigenvalue weighted by Crippen LogP contribution is 2.29. The van der Waals surface area contributed by atoms with Crippen LogP contribution in [0, 0.1) is 5.92 Å². The van der Waals surface area contributed by atoms with Crippen molar-refractivity contribution in [3.8, 4) is 5.88 Å². The Morgan fingerprint density at radius 2 is 2.13 bits per heavy atom. The highest BCUT2D eigenvalue weighted by molar-refractivity contribution is 5.04. The fourth-order valence-electron chi connectivity index (χ4n) is 3.44. The summed E-state index contributed by atoms with van der Waals surface area (Å²) in [5.74, 6) is 1.46. The molecule has 23 heavy (non-hydrogen) atoms.